The number of piperazine rings is 1. The van der Waals surface area contributed by atoms with Gasteiger partial charge in [0, 0.05) is 13.2 Å². The van der Waals surface area contributed by atoms with Gasteiger partial charge in [-0.2, -0.15) is 0 Å². The van der Waals surface area contributed by atoms with Gasteiger partial charge in [-0.3, -0.25) is 9.59 Å². The SMILES string of the molecule is CCC1(C)C(=O)NC(C)(C)C(=O)N1CC1CCCCO1. The van der Waals surface area contributed by atoms with E-state index in [1.807, 2.05) is 13.8 Å². The predicted molar refractivity (Wildman–Crippen MR) is 76.2 cm³/mol. The van der Waals surface area contributed by atoms with Crippen molar-refractivity contribution in [2.75, 3.05) is 13.2 Å². The molecule has 2 heterocycles. The first-order chi connectivity index (χ1) is 9.31. The van der Waals surface area contributed by atoms with Crippen LogP contribution in [0, 0.1) is 0 Å². The summed E-state index contributed by atoms with van der Waals surface area (Å²) in [7, 11) is 0. The van der Waals surface area contributed by atoms with Gasteiger partial charge in [0.05, 0.1) is 6.10 Å². The molecule has 2 unspecified atom stereocenters. The molecule has 0 aromatic carbocycles. The maximum atomic E-state index is 12.7. The van der Waals surface area contributed by atoms with Gasteiger partial charge in [0.1, 0.15) is 11.1 Å². The summed E-state index contributed by atoms with van der Waals surface area (Å²) in [5.41, 5.74) is -1.60. The van der Waals surface area contributed by atoms with Gasteiger partial charge >= 0.3 is 0 Å². The van der Waals surface area contributed by atoms with Crippen molar-refractivity contribution < 1.29 is 14.3 Å². The van der Waals surface area contributed by atoms with E-state index in [0.717, 1.165) is 25.9 Å². The van der Waals surface area contributed by atoms with Crippen LogP contribution in [0.3, 0.4) is 0 Å². The summed E-state index contributed by atoms with van der Waals surface area (Å²) in [6, 6.07) is 0. The zero-order valence-corrected chi connectivity index (χ0v) is 13.0. The third-order valence-corrected chi connectivity index (χ3v) is 4.64. The summed E-state index contributed by atoms with van der Waals surface area (Å²) >= 11 is 0. The van der Waals surface area contributed by atoms with E-state index in [-0.39, 0.29) is 17.9 Å². The van der Waals surface area contributed by atoms with E-state index in [0.29, 0.717) is 13.0 Å². The average molecular weight is 282 g/mol. The van der Waals surface area contributed by atoms with Crippen LogP contribution in [0.1, 0.15) is 53.4 Å². The van der Waals surface area contributed by atoms with Crippen LogP contribution >= 0.6 is 0 Å². The van der Waals surface area contributed by atoms with Crippen LogP contribution in [0.25, 0.3) is 0 Å². The standard InChI is InChI=1S/C15H26N2O3/c1-5-15(4)12(18)16-14(2,3)13(19)17(15)10-11-8-6-7-9-20-11/h11H,5-10H2,1-4H3,(H,16,18). The van der Waals surface area contributed by atoms with Crippen LogP contribution in [0.15, 0.2) is 0 Å². The monoisotopic (exact) mass is 282 g/mol. The van der Waals surface area contributed by atoms with Gasteiger partial charge in [-0.15, -0.1) is 0 Å². The fourth-order valence-corrected chi connectivity index (χ4v) is 2.95. The Morgan fingerprint density at radius 1 is 1.30 bits per heavy atom. The van der Waals surface area contributed by atoms with E-state index in [2.05, 4.69) is 5.32 Å². The van der Waals surface area contributed by atoms with Crippen LogP contribution in [-0.4, -0.2) is 47.0 Å². The van der Waals surface area contributed by atoms with Crippen molar-refractivity contribution in [2.24, 2.45) is 0 Å². The molecule has 0 aromatic heterocycles. The van der Waals surface area contributed by atoms with E-state index >= 15 is 0 Å². The molecule has 2 saturated heterocycles. The lowest BCUT2D eigenvalue weighted by atomic mass is 9.85. The maximum Gasteiger partial charge on any atom is 0.248 e. The van der Waals surface area contributed by atoms with Gasteiger partial charge in [-0.05, 0) is 46.5 Å². The summed E-state index contributed by atoms with van der Waals surface area (Å²) < 4.78 is 5.74. The Balaban J connectivity index is 2.23. The topological polar surface area (TPSA) is 58.6 Å². The summed E-state index contributed by atoms with van der Waals surface area (Å²) in [5.74, 6) is -0.0870. The zero-order valence-electron chi connectivity index (χ0n) is 13.0. The van der Waals surface area contributed by atoms with E-state index in [9.17, 15) is 9.59 Å². The fourth-order valence-electron chi connectivity index (χ4n) is 2.95. The largest absolute Gasteiger partial charge is 0.376 e. The fraction of sp³-hybridized carbons (Fsp3) is 0.867. The maximum absolute atomic E-state index is 12.7. The minimum Gasteiger partial charge on any atom is -0.376 e. The number of rotatable bonds is 3. The normalized spacial score (nSPS) is 34.0. The Bertz CT molecular complexity index is 402. The van der Waals surface area contributed by atoms with Gasteiger partial charge in [0.25, 0.3) is 0 Å². The number of hydrogen-bond acceptors (Lipinski definition) is 3. The van der Waals surface area contributed by atoms with Crippen molar-refractivity contribution in [2.45, 2.75) is 70.6 Å². The molecular weight excluding hydrogens is 256 g/mol. The lowest BCUT2D eigenvalue weighted by Gasteiger charge is -2.50. The van der Waals surface area contributed by atoms with Crippen molar-refractivity contribution in [3.63, 3.8) is 0 Å². The Hall–Kier alpha value is -1.10. The Kier molecular flexibility index (Phi) is 4.09. The molecule has 0 aromatic rings. The summed E-state index contributed by atoms with van der Waals surface area (Å²) in [4.78, 5) is 26.8. The predicted octanol–water partition coefficient (Wildman–Crippen LogP) is 1.46. The van der Waals surface area contributed by atoms with Gasteiger partial charge in [0.2, 0.25) is 11.8 Å². The van der Waals surface area contributed by atoms with Crippen LogP contribution in [0.4, 0.5) is 0 Å². The number of nitrogens with zero attached hydrogens (tertiary/aromatic N) is 1. The van der Waals surface area contributed by atoms with Crippen molar-refractivity contribution in [3.8, 4) is 0 Å². The number of ether oxygens (including phenoxy) is 1. The molecule has 2 rings (SSSR count). The van der Waals surface area contributed by atoms with Crippen molar-refractivity contribution >= 4 is 11.8 Å². The van der Waals surface area contributed by atoms with Gasteiger partial charge in [0.15, 0.2) is 0 Å². The molecule has 2 fully saturated rings. The van der Waals surface area contributed by atoms with E-state index in [1.54, 1.807) is 18.7 Å². The van der Waals surface area contributed by atoms with Crippen LogP contribution in [0.2, 0.25) is 0 Å². The molecule has 20 heavy (non-hydrogen) atoms. The third-order valence-electron chi connectivity index (χ3n) is 4.64. The van der Waals surface area contributed by atoms with Crippen LogP contribution in [0.5, 0.6) is 0 Å². The molecule has 0 saturated carbocycles. The molecule has 0 radical (unpaired) electrons. The number of carbonyl (C=O) groups is 2. The molecule has 0 bridgehead atoms. The molecule has 114 valence electrons. The highest BCUT2D eigenvalue weighted by Crippen LogP contribution is 2.30. The summed E-state index contributed by atoms with van der Waals surface area (Å²) in [6.45, 7) is 8.58. The van der Waals surface area contributed by atoms with Crippen molar-refractivity contribution in [1.29, 1.82) is 0 Å². The first-order valence-corrected chi connectivity index (χ1v) is 7.57. The first kappa shape index (κ1) is 15.3. The minimum absolute atomic E-state index is 0.0179. The number of nitrogens with one attached hydrogen (secondary N) is 1. The Labute approximate surface area is 121 Å². The third kappa shape index (κ3) is 2.55. The molecule has 5 heteroatoms. The molecular formula is C15H26N2O3. The Morgan fingerprint density at radius 2 is 2.00 bits per heavy atom. The van der Waals surface area contributed by atoms with Crippen molar-refractivity contribution in [3.05, 3.63) is 0 Å². The molecule has 2 amide bonds. The minimum atomic E-state index is -0.833. The quantitative estimate of drug-likeness (QED) is 0.852. The second-order valence-corrected chi connectivity index (χ2v) is 6.61. The summed E-state index contributed by atoms with van der Waals surface area (Å²) in [6.07, 6.45) is 3.84. The van der Waals surface area contributed by atoms with Gasteiger partial charge in [-0.1, -0.05) is 6.92 Å². The number of hydrogen-bond donors (Lipinski definition) is 1. The van der Waals surface area contributed by atoms with Crippen LogP contribution in [-0.2, 0) is 14.3 Å². The van der Waals surface area contributed by atoms with E-state index < -0.39 is 11.1 Å². The van der Waals surface area contributed by atoms with Crippen LogP contribution < -0.4 is 5.32 Å². The number of amides is 2. The lowest BCUT2D eigenvalue weighted by Crippen LogP contribution is -2.73. The second-order valence-electron chi connectivity index (χ2n) is 6.61. The average Bonchev–Trinajstić information content (AvgIpc) is 2.42. The first-order valence-electron chi connectivity index (χ1n) is 7.57. The highest BCUT2D eigenvalue weighted by Gasteiger charge is 2.52. The smallest absolute Gasteiger partial charge is 0.248 e. The molecule has 0 spiro atoms. The highest BCUT2D eigenvalue weighted by atomic mass is 16.5. The highest BCUT2D eigenvalue weighted by molar-refractivity contribution is 6.01. The second kappa shape index (κ2) is 5.35. The number of carbonyl (C=O) groups excluding carboxylic acids is 2. The summed E-state index contributed by atoms with van der Waals surface area (Å²) in [5, 5.41) is 2.84. The molecule has 5 nitrogen and oxygen atoms in total. The van der Waals surface area contributed by atoms with Gasteiger partial charge < -0.3 is 15.0 Å². The van der Waals surface area contributed by atoms with Crippen molar-refractivity contribution in [1.82, 2.24) is 10.2 Å². The van der Waals surface area contributed by atoms with E-state index in [1.165, 1.54) is 0 Å². The van der Waals surface area contributed by atoms with Gasteiger partial charge in [-0.25, -0.2) is 0 Å². The lowest BCUT2D eigenvalue weighted by molar-refractivity contribution is -0.164. The molecule has 0 aliphatic carbocycles. The molecule has 1 N–H and O–H groups in total. The zero-order chi connectivity index (χ0) is 15.0. The molecule has 2 aliphatic heterocycles. The Morgan fingerprint density at radius 3 is 2.55 bits per heavy atom. The molecule has 2 atom stereocenters. The van der Waals surface area contributed by atoms with E-state index in [4.69, 9.17) is 4.74 Å². The molecule has 2 aliphatic rings.